The van der Waals surface area contributed by atoms with Gasteiger partial charge in [0.2, 0.25) is 0 Å². The van der Waals surface area contributed by atoms with Crippen LogP contribution in [-0.2, 0) is 6.54 Å². The molecule has 0 radical (unpaired) electrons. The minimum atomic E-state index is -0.0113. The van der Waals surface area contributed by atoms with Crippen molar-refractivity contribution in [1.82, 2.24) is 19.4 Å². The molecule has 0 atom stereocenters. The van der Waals surface area contributed by atoms with Crippen LogP contribution in [0.2, 0.25) is 0 Å². The van der Waals surface area contributed by atoms with E-state index in [0.717, 1.165) is 16.4 Å². The lowest BCUT2D eigenvalue weighted by molar-refractivity contribution is 0.0783. The summed E-state index contributed by atoms with van der Waals surface area (Å²) in [5.74, 6) is -0.0113. The average molecular weight is 312 g/mol. The predicted molar refractivity (Wildman–Crippen MR) is 86.2 cm³/mol. The smallest absolute Gasteiger partial charge is 0.253 e. The van der Waals surface area contributed by atoms with E-state index in [0.29, 0.717) is 12.1 Å². The second-order valence-electron chi connectivity index (χ2n) is 5.04. The molecule has 1 aromatic carbocycles. The predicted octanol–water partition coefficient (Wildman–Crippen LogP) is 2.91. The Kier molecular flexibility index (Phi) is 4.02. The third-order valence-electron chi connectivity index (χ3n) is 3.33. The number of carbonyl (C=O) groups excluding carboxylic acids is 1. The fraction of sp³-hybridized carbons (Fsp3) is 0.188. The molecule has 3 aromatic rings. The minimum Gasteiger partial charge on any atom is -0.336 e. The highest BCUT2D eigenvalue weighted by Crippen LogP contribution is 2.14. The van der Waals surface area contributed by atoms with Gasteiger partial charge in [0.15, 0.2) is 0 Å². The van der Waals surface area contributed by atoms with Crippen LogP contribution in [0, 0.1) is 6.92 Å². The molecule has 0 saturated heterocycles. The maximum Gasteiger partial charge on any atom is 0.253 e. The van der Waals surface area contributed by atoms with E-state index in [1.807, 2.05) is 47.3 Å². The van der Waals surface area contributed by atoms with Crippen molar-refractivity contribution in [3.05, 3.63) is 64.6 Å². The number of aryl methyl sites for hydroxylation is 1. The second kappa shape index (κ2) is 6.11. The number of rotatable bonds is 4. The Labute approximate surface area is 132 Å². The molecule has 6 heteroatoms. The van der Waals surface area contributed by atoms with Crippen molar-refractivity contribution in [2.45, 2.75) is 13.5 Å². The molecular weight excluding hydrogens is 296 g/mol. The highest BCUT2D eigenvalue weighted by molar-refractivity contribution is 7.09. The summed E-state index contributed by atoms with van der Waals surface area (Å²) < 4.78 is 1.90. The standard InChI is InChI=1S/C16H16N4OS/c1-12-18-14(10-22-12)9-19(2)16(21)13-3-5-15(6-4-13)20-8-7-17-11-20/h3-8,10-11H,9H2,1-2H3. The van der Waals surface area contributed by atoms with Crippen LogP contribution in [0.25, 0.3) is 5.69 Å². The summed E-state index contributed by atoms with van der Waals surface area (Å²) in [5, 5.41) is 3.00. The van der Waals surface area contributed by atoms with E-state index in [1.54, 1.807) is 35.8 Å². The number of amides is 1. The van der Waals surface area contributed by atoms with Gasteiger partial charge < -0.3 is 9.47 Å². The molecule has 3 rings (SSSR count). The highest BCUT2D eigenvalue weighted by atomic mass is 32.1. The normalized spacial score (nSPS) is 10.6. The monoisotopic (exact) mass is 312 g/mol. The fourth-order valence-electron chi connectivity index (χ4n) is 2.20. The van der Waals surface area contributed by atoms with E-state index in [9.17, 15) is 4.79 Å². The molecule has 0 aliphatic heterocycles. The maximum absolute atomic E-state index is 12.4. The van der Waals surface area contributed by atoms with E-state index in [-0.39, 0.29) is 5.91 Å². The SMILES string of the molecule is Cc1nc(CN(C)C(=O)c2ccc(-n3ccnc3)cc2)cs1. The van der Waals surface area contributed by atoms with Gasteiger partial charge in [-0.25, -0.2) is 9.97 Å². The number of hydrogen-bond acceptors (Lipinski definition) is 4. The summed E-state index contributed by atoms with van der Waals surface area (Å²) in [5.41, 5.74) is 2.57. The lowest BCUT2D eigenvalue weighted by Gasteiger charge is -2.16. The molecule has 0 saturated carbocycles. The molecule has 112 valence electrons. The van der Waals surface area contributed by atoms with Gasteiger partial charge in [-0.05, 0) is 31.2 Å². The minimum absolute atomic E-state index is 0.0113. The topological polar surface area (TPSA) is 51.0 Å². The molecule has 0 spiro atoms. The zero-order chi connectivity index (χ0) is 15.5. The summed E-state index contributed by atoms with van der Waals surface area (Å²) in [6, 6.07) is 7.49. The van der Waals surface area contributed by atoms with Gasteiger partial charge in [0, 0.05) is 36.1 Å². The summed E-state index contributed by atoms with van der Waals surface area (Å²) >= 11 is 1.60. The third-order valence-corrected chi connectivity index (χ3v) is 4.15. The number of carbonyl (C=O) groups is 1. The van der Waals surface area contributed by atoms with E-state index in [4.69, 9.17) is 0 Å². The number of imidazole rings is 1. The van der Waals surface area contributed by atoms with E-state index in [2.05, 4.69) is 9.97 Å². The molecule has 5 nitrogen and oxygen atoms in total. The lowest BCUT2D eigenvalue weighted by atomic mass is 10.2. The first-order valence-electron chi connectivity index (χ1n) is 6.88. The van der Waals surface area contributed by atoms with Gasteiger partial charge in [-0.3, -0.25) is 4.79 Å². The van der Waals surface area contributed by atoms with Crippen LogP contribution in [0.4, 0.5) is 0 Å². The van der Waals surface area contributed by atoms with E-state index in [1.165, 1.54) is 0 Å². The van der Waals surface area contributed by atoms with Crippen LogP contribution in [0.3, 0.4) is 0 Å². The van der Waals surface area contributed by atoms with Gasteiger partial charge in [0.05, 0.1) is 23.6 Å². The van der Waals surface area contributed by atoms with Crippen molar-refractivity contribution in [1.29, 1.82) is 0 Å². The van der Waals surface area contributed by atoms with Crippen molar-refractivity contribution in [3.8, 4) is 5.69 Å². The fourth-order valence-corrected chi connectivity index (χ4v) is 2.81. The highest BCUT2D eigenvalue weighted by Gasteiger charge is 2.13. The third kappa shape index (κ3) is 3.07. The van der Waals surface area contributed by atoms with Gasteiger partial charge in [-0.1, -0.05) is 0 Å². The van der Waals surface area contributed by atoms with Crippen molar-refractivity contribution in [2.75, 3.05) is 7.05 Å². The van der Waals surface area contributed by atoms with E-state index < -0.39 is 0 Å². The van der Waals surface area contributed by atoms with Gasteiger partial charge >= 0.3 is 0 Å². The largest absolute Gasteiger partial charge is 0.336 e. The van der Waals surface area contributed by atoms with Gasteiger partial charge in [0.1, 0.15) is 0 Å². The second-order valence-corrected chi connectivity index (χ2v) is 6.10. The molecule has 0 unspecified atom stereocenters. The molecule has 0 aliphatic rings. The maximum atomic E-state index is 12.4. The van der Waals surface area contributed by atoms with Crippen LogP contribution in [0.1, 0.15) is 21.1 Å². The summed E-state index contributed by atoms with van der Waals surface area (Å²) in [4.78, 5) is 22.5. The van der Waals surface area contributed by atoms with Crippen molar-refractivity contribution in [3.63, 3.8) is 0 Å². The summed E-state index contributed by atoms with van der Waals surface area (Å²) in [7, 11) is 1.79. The van der Waals surface area contributed by atoms with Crippen molar-refractivity contribution < 1.29 is 4.79 Å². The Hall–Kier alpha value is -2.47. The molecule has 2 aromatic heterocycles. The van der Waals surface area contributed by atoms with Gasteiger partial charge in [-0.2, -0.15) is 0 Å². The average Bonchev–Trinajstić information content (AvgIpc) is 3.18. The number of nitrogens with zero attached hydrogens (tertiary/aromatic N) is 4. The van der Waals surface area contributed by atoms with E-state index >= 15 is 0 Å². The van der Waals surface area contributed by atoms with Crippen LogP contribution in [0.15, 0.2) is 48.4 Å². The Bertz CT molecular complexity index is 762. The molecule has 0 N–H and O–H groups in total. The molecule has 0 fully saturated rings. The first-order valence-corrected chi connectivity index (χ1v) is 7.76. The number of hydrogen-bond donors (Lipinski definition) is 0. The summed E-state index contributed by atoms with van der Waals surface area (Å²) in [6.45, 7) is 2.48. The first-order chi connectivity index (χ1) is 10.6. The quantitative estimate of drug-likeness (QED) is 0.744. The molecule has 0 bridgehead atoms. The zero-order valence-electron chi connectivity index (χ0n) is 12.4. The Morgan fingerprint density at radius 1 is 1.32 bits per heavy atom. The molecular formula is C16H16N4OS. The first kappa shape index (κ1) is 14.5. The molecule has 22 heavy (non-hydrogen) atoms. The van der Waals surface area contributed by atoms with Crippen LogP contribution in [-0.4, -0.2) is 32.4 Å². The number of thiazole rings is 1. The molecule has 1 amide bonds. The van der Waals surface area contributed by atoms with Gasteiger partial charge in [0.25, 0.3) is 5.91 Å². The van der Waals surface area contributed by atoms with Crippen molar-refractivity contribution in [2.24, 2.45) is 0 Å². The van der Waals surface area contributed by atoms with Crippen LogP contribution >= 0.6 is 11.3 Å². The Morgan fingerprint density at radius 2 is 2.09 bits per heavy atom. The molecule has 0 aliphatic carbocycles. The zero-order valence-corrected chi connectivity index (χ0v) is 13.2. The Balaban J connectivity index is 1.71. The lowest BCUT2D eigenvalue weighted by Crippen LogP contribution is -2.26. The Morgan fingerprint density at radius 3 is 2.68 bits per heavy atom. The molecule has 2 heterocycles. The van der Waals surface area contributed by atoms with Crippen LogP contribution < -0.4 is 0 Å². The van der Waals surface area contributed by atoms with Gasteiger partial charge in [-0.15, -0.1) is 11.3 Å². The number of benzene rings is 1. The summed E-state index contributed by atoms with van der Waals surface area (Å²) in [6.07, 6.45) is 5.32. The van der Waals surface area contributed by atoms with Crippen molar-refractivity contribution >= 4 is 17.2 Å². The number of aromatic nitrogens is 3. The van der Waals surface area contributed by atoms with Crippen LogP contribution in [0.5, 0.6) is 0 Å².